The molecular formula is C12H20N4O. The second-order valence-electron chi connectivity index (χ2n) is 4.55. The predicted molar refractivity (Wildman–Crippen MR) is 65.5 cm³/mol. The Labute approximate surface area is 102 Å². The number of hydrogen-bond donors (Lipinski definition) is 2. The quantitative estimate of drug-likeness (QED) is 0.749. The zero-order valence-electron chi connectivity index (χ0n) is 10.5. The molecule has 1 aromatic heterocycles. The SMILES string of the molecule is CCc1cc(CNCC(=O)NC2CC2)n(C)n1. The maximum Gasteiger partial charge on any atom is 0.234 e. The van der Waals surface area contributed by atoms with E-state index in [1.165, 1.54) is 0 Å². The third-order valence-corrected chi connectivity index (χ3v) is 2.92. The number of aromatic nitrogens is 2. The van der Waals surface area contributed by atoms with Gasteiger partial charge in [-0.25, -0.2) is 0 Å². The third kappa shape index (κ3) is 3.56. The van der Waals surface area contributed by atoms with Gasteiger partial charge in [0.2, 0.25) is 5.91 Å². The van der Waals surface area contributed by atoms with E-state index in [-0.39, 0.29) is 5.91 Å². The van der Waals surface area contributed by atoms with Crippen molar-refractivity contribution in [3.05, 3.63) is 17.5 Å². The fourth-order valence-electron chi connectivity index (χ4n) is 1.72. The van der Waals surface area contributed by atoms with Crippen molar-refractivity contribution >= 4 is 5.91 Å². The van der Waals surface area contributed by atoms with Crippen LogP contribution in [0.2, 0.25) is 0 Å². The Bertz CT molecular complexity index is 395. The topological polar surface area (TPSA) is 59.0 Å². The molecular weight excluding hydrogens is 216 g/mol. The zero-order valence-corrected chi connectivity index (χ0v) is 10.5. The van der Waals surface area contributed by atoms with Crippen LogP contribution in [0.5, 0.6) is 0 Å². The van der Waals surface area contributed by atoms with Crippen LogP contribution in [0.15, 0.2) is 6.07 Å². The van der Waals surface area contributed by atoms with Gasteiger partial charge in [-0.15, -0.1) is 0 Å². The lowest BCUT2D eigenvalue weighted by molar-refractivity contribution is -0.120. The van der Waals surface area contributed by atoms with Gasteiger partial charge in [0.05, 0.1) is 17.9 Å². The first kappa shape index (κ1) is 12.1. The van der Waals surface area contributed by atoms with E-state index in [4.69, 9.17) is 0 Å². The minimum atomic E-state index is 0.0883. The third-order valence-electron chi connectivity index (χ3n) is 2.92. The van der Waals surface area contributed by atoms with Gasteiger partial charge in [-0.2, -0.15) is 5.10 Å². The van der Waals surface area contributed by atoms with Gasteiger partial charge in [-0.05, 0) is 25.3 Å². The fraction of sp³-hybridized carbons (Fsp3) is 0.667. The van der Waals surface area contributed by atoms with Gasteiger partial charge in [0, 0.05) is 19.6 Å². The fourth-order valence-corrected chi connectivity index (χ4v) is 1.72. The lowest BCUT2D eigenvalue weighted by Crippen LogP contribution is -2.35. The van der Waals surface area contributed by atoms with Crippen LogP contribution in [-0.4, -0.2) is 28.3 Å². The van der Waals surface area contributed by atoms with Gasteiger partial charge in [0.1, 0.15) is 0 Å². The van der Waals surface area contributed by atoms with Crippen LogP contribution in [-0.2, 0) is 24.8 Å². The van der Waals surface area contributed by atoms with Crippen LogP contribution in [0.25, 0.3) is 0 Å². The summed E-state index contributed by atoms with van der Waals surface area (Å²) >= 11 is 0. The first-order chi connectivity index (χ1) is 8.19. The normalized spacial score (nSPS) is 14.9. The molecule has 1 amide bonds. The minimum Gasteiger partial charge on any atom is -0.352 e. The lowest BCUT2D eigenvalue weighted by Gasteiger charge is -2.05. The van der Waals surface area contributed by atoms with Crippen molar-refractivity contribution in [1.82, 2.24) is 20.4 Å². The van der Waals surface area contributed by atoms with Crippen LogP contribution < -0.4 is 10.6 Å². The summed E-state index contributed by atoms with van der Waals surface area (Å²) in [4.78, 5) is 11.4. The molecule has 0 spiro atoms. The summed E-state index contributed by atoms with van der Waals surface area (Å²) in [5.41, 5.74) is 2.20. The van der Waals surface area contributed by atoms with Crippen LogP contribution in [0.4, 0.5) is 0 Å². The predicted octanol–water partition coefficient (Wildman–Crippen LogP) is 0.351. The standard InChI is InChI=1S/C12H20N4O/c1-3-9-6-11(16(2)15-9)7-13-8-12(17)14-10-4-5-10/h6,10,13H,3-5,7-8H2,1-2H3,(H,14,17). The number of rotatable bonds is 6. The van der Waals surface area contributed by atoms with Gasteiger partial charge in [-0.1, -0.05) is 6.92 Å². The highest BCUT2D eigenvalue weighted by atomic mass is 16.2. The molecule has 94 valence electrons. The van der Waals surface area contributed by atoms with Crippen molar-refractivity contribution in [2.24, 2.45) is 7.05 Å². The molecule has 0 atom stereocenters. The Kier molecular flexibility index (Phi) is 3.78. The van der Waals surface area contributed by atoms with Gasteiger partial charge in [0.15, 0.2) is 0 Å². The van der Waals surface area contributed by atoms with E-state index < -0.39 is 0 Å². The molecule has 1 heterocycles. The summed E-state index contributed by atoms with van der Waals surface area (Å²) in [5, 5.41) is 10.4. The van der Waals surface area contributed by atoms with Gasteiger partial charge < -0.3 is 10.6 Å². The van der Waals surface area contributed by atoms with E-state index in [1.807, 2.05) is 11.7 Å². The number of aryl methyl sites for hydroxylation is 2. The van der Waals surface area contributed by atoms with Crippen LogP contribution >= 0.6 is 0 Å². The number of hydrogen-bond acceptors (Lipinski definition) is 3. The summed E-state index contributed by atoms with van der Waals surface area (Å²) < 4.78 is 1.87. The summed E-state index contributed by atoms with van der Waals surface area (Å²) in [6.07, 6.45) is 3.21. The Morgan fingerprint density at radius 2 is 2.35 bits per heavy atom. The highest BCUT2D eigenvalue weighted by molar-refractivity contribution is 5.78. The molecule has 5 heteroatoms. The number of carbonyl (C=O) groups excluding carboxylic acids is 1. The molecule has 2 rings (SSSR count). The molecule has 5 nitrogen and oxygen atoms in total. The van der Waals surface area contributed by atoms with Gasteiger partial charge in [-0.3, -0.25) is 9.48 Å². The Morgan fingerprint density at radius 3 is 2.94 bits per heavy atom. The molecule has 1 aliphatic carbocycles. The highest BCUT2D eigenvalue weighted by Crippen LogP contribution is 2.18. The monoisotopic (exact) mass is 236 g/mol. The summed E-state index contributed by atoms with van der Waals surface area (Å²) in [7, 11) is 1.93. The van der Waals surface area contributed by atoms with E-state index in [9.17, 15) is 4.79 Å². The molecule has 2 N–H and O–H groups in total. The van der Waals surface area contributed by atoms with E-state index in [0.29, 0.717) is 19.1 Å². The summed E-state index contributed by atoms with van der Waals surface area (Å²) in [5.74, 6) is 0.0883. The maximum atomic E-state index is 11.4. The van der Waals surface area contributed by atoms with E-state index >= 15 is 0 Å². The maximum absolute atomic E-state index is 11.4. The smallest absolute Gasteiger partial charge is 0.234 e. The number of amides is 1. The molecule has 0 radical (unpaired) electrons. The van der Waals surface area contributed by atoms with Crippen molar-refractivity contribution < 1.29 is 4.79 Å². The molecule has 0 unspecified atom stereocenters. The second-order valence-corrected chi connectivity index (χ2v) is 4.55. The molecule has 0 aromatic carbocycles. The zero-order chi connectivity index (χ0) is 12.3. The van der Waals surface area contributed by atoms with E-state index in [1.54, 1.807) is 0 Å². The molecule has 0 bridgehead atoms. The Balaban J connectivity index is 1.72. The van der Waals surface area contributed by atoms with Crippen LogP contribution in [0, 0.1) is 0 Å². The largest absolute Gasteiger partial charge is 0.352 e. The number of carbonyl (C=O) groups is 1. The Morgan fingerprint density at radius 1 is 1.59 bits per heavy atom. The lowest BCUT2D eigenvalue weighted by atomic mass is 10.3. The van der Waals surface area contributed by atoms with Gasteiger partial charge in [0.25, 0.3) is 0 Å². The van der Waals surface area contributed by atoms with Crippen LogP contribution in [0.1, 0.15) is 31.2 Å². The number of nitrogens with one attached hydrogen (secondary N) is 2. The summed E-state index contributed by atoms with van der Waals surface area (Å²) in [6.45, 7) is 3.15. The first-order valence-corrected chi connectivity index (χ1v) is 6.21. The molecule has 1 aliphatic rings. The average Bonchev–Trinajstić information content (AvgIpc) is 3.03. The van der Waals surface area contributed by atoms with Crippen molar-refractivity contribution in [3.8, 4) is 0 Å². The average molecular weight is 236 g/mol. The van der Waals surface area contributed by atoms with Crippen molar-refractivity contribution in [2.45, 2.75) is 38.8 Å². The number of nitrogens with zero attached hydrogens (tertiary/aromatic N) is 2. The molecule has 1 saturated carbocycles. The molecule has 1 fully saturated rings. The van der Waals surface area contributed by atoms with E-state index in [0.717, 1.165) is 30.7 Å². The molecule has 1 aromatic rings. The first-order valence-electron chi connectivity index (χ1n) is 6.21. The van der Waals surface area contributed by atoms with E-state index in [2.05, 4.69) is 28.7 Å². The molecule has 17 heavy (non-hydrogen) atoms. The molecule has 0 aliphatic heterocycles. The minimum absolute atomic E-state index is 0.0883. The van der Waals surface area contributed by atoms with Crippen LogP contribution in [0.3, 0.4) is 0 Å². The van der Waals surface area contributed by atoms with Crippen molar-refractivity contribution in [3.63, 3.8) is 0 Å². The van der Waals surface area contributed by atoms with Crippen molar-refractivity contribution in [1.29, 1.82) is 0 Å². The van der Waals surface area contributed by atoms with Gasteiger partial charge >= 0.3 is 0 Å². The van der Waals surface area contributed by atoms with Crippen molar-refractivity contribution in [2.75, 3.05) is 6.54 Å². The summed E-state index contributed by atoms with van der Waals surface area (Å²) in [6, 6.07) is 2.51. The molecule has 0 saturated heterocycles. The Hall–Kier alpha value is -1.36. The second kappa shape index (κ2) is 5.31. The highest BCUT2D eigenvalue weighted by Gasteiger charge is 2.22.